The highest BCUT2D eigenvalue weighted by atomic mass is 14.4. The minimum atomic E-state index is 1.12. The highest BCUT2D eigenvalue weighted by Crippen LogP contribution is 2.45. The number of rotatable bonds is 0. The van der Waals surface area contributed by atoms with Crippen LogP contribution in [0.5, 0.6) is 0 Å². The van der Waals surface area contributed by atoms with Crippen molar-refractivity contribution in [2.45, 2.75) is 44.9 Å². The summed E-state index contributed by atoms with van der Waals surface area (Å²) in [5.41, 5.74) is 0. The first-order valence-electron chi connectivity index (χ1n) is 5.12. The van der Waals surface area contributed by atoms with Crippen LogP contribution in [0.4, 0.5) is 0 Å². The molecule has 0 spiro atoms. The molecule has 0 heteroatoms. The molecule has 0 N–H and O–H groups in total. The maximum atomic E-state index is 2.39. The van der Waals surface area contributed by atoms with Crippen molar-refractivity contribution in [3.05, 3.63) is 12.2 Å². The molecule has 0 aromatic carbocycles. The maximum Gasteiger partial charge on any atom is -0.0348 e. The van der Waals surface area contributed by atoms with E-state index in [1.54, 1.807) is 6.42 Å². The molecule has 11 heavy (non-hydrogen) atoms. The molecule has 0 nitrogen and oxygen atoms in total. The zero-order chi connectivity index (χ0) is 7.52. The van der Waals surface area contributed by atoms with Crippen LogP contribution in [0, 0.1) is 11.8 Å². The Morgan fingerprint density at radius 1 is 0.818 bits per heavy atom. The average molecular weight is 150 g/mol. The van der Waals surface area contributed by atoms with Crippen molar-refractivity contribution in [1.82, 2.24) is 0 Å². The second-order valence-corrected chi connectivity index (χ2v) is 4.09. The predicted octanol–water partition coefficient (Wildman–Crippen LogP) is 3.53. The van der Waals surface area contributed by atoms with Crippen LogP contribution in [0.25, 0.3) is 0 Å². The Morgan fingerprint density at radius 3 is 2.64 bits per heavy atom. The van der Waals surface area contributed by atoms with Crippen molar-refractivity contribution in [3.8, 4) is 0 Å². The molecule has 1 saturated carbocycles. The molecule has 0 saturated heterocycles. The van der Waals surface area contributed by atoms with Crippen molar-refractivity contribution in [2.75, 3.05) is 0 Å². The zero-order valence-corrected chi connectivity index (χ0v) is 7.26. The first kappa shape index (κ1) is 7.39. The Bertz CT molecular complexity index is 146. The van der Waals surface area contributed by atoms with Gasteiger partial charge in [0.05, 0.1) is 0 Å². The lowest BCUT2D eigenvalue weighted by Crippen LogP contribution is -1.86. The largest absolute Gasteiger partial charge is 0.0885 e. The van der Waals surface area contributed by atoms with E-state index in [1.807, 2.05) is 0 Å². The Labute approximate surface area is 69.7 Å². The second-order valence-electron chi connectivity index (χ2n) is 4.09. The van der Waals surface area contributed by atoms with Crippen LogP contribution in [0.2, 0.25) is 0 Å². The summed E-state index contributed by atoms with van der Waals surface area (Å²) in [4.78, 5) is 0. The van der Waals surface area contributed by atoms with Gasteiger partial charge in [0.15, 0.2) is 0 Å². The van der Waals surface area contributed by atoms with Crippen molar-refractivity contribution in [1.29, 1.82) is 0 Å². The third-order valence-electron chi connectivity index (χ3n) is 3.14. The van der Waals surface area contributed by atoms with Gasteiger partial charge in [-0.2, -0.15) is 0 Å². The number of hydrogen-bond donors (Lipinski definition) is 0. The van der Waals surface area contributed by atoms with Crippen molar-refractivity contribution >= 4 is 0 Å². The second kappa shape index (κ2) is 3.42. The Morgan fingerprint density at radius 2 is 1.64 bits per heavy atom. The Kier molecular flexibility index (Phi) is 2.30. The SMILES string of the molecule is C1=C\CC[C@@H]2C[C@@H]2CCCC/1. The van der Waals surface area contributed by atoms with Gasteiger partial charge in [-0.1, -0.05) is 25.0 Å². The molecule has 0 radical (unpaired) electrons. The lowest BCUT2D eigenvalue weighted by Gasteiger charge is -2.01. The van der Waals surface area contributed by atoms with Gasteiger partial charge in [0.2, 0.25) is 0 Å². The van der Waals surface area contributed by atoms with Crippen LogP contribution in [-0.2, 0) is 0 Å². The first-order chi connectivity index (χ1) is 5.47. The van der Waals surface area contributed by atoms with Gasteiger partial charge in [0.25, 0.3) is 0 Å². The van der Waals surface area contributed by atoms with Crippen LogP contribution in [-0.4, -0.2) is 0 Å². The topological polar surface area (TPSA) is 0 Å². The summed E-state index contributed by atoms with van der Waals surface area (Å²) in [6, 6.07) is 0. The number of fused-ring (bicyclic) bond motifs is 1. The third-order valence-corrected chi connectivity index (χ3v) is 3.14. The van der Waals surface area contributed by atoms with Gasteiger partial charge in [-0.25, -0.2) is 0 Å². The van der Waals surface area contributed by atoms with Crippen LogP contribution in [0.15, 0.2) is 12.2 Å². The molecular formula is C11H18. The van der Waals surface area contributed by atoms with E-state index in [2.05, 4.69) is 12.2 Å². The summed E-state index contributed by atoms with van der Waals surface area (Å²) in [5.74, 6) is 2.26. The van der Waals surface area contributed by atoms with E-state index >= 15 is 0 Å². The summed E-state index contributed by atoms with van der Waals surface area (Å²) in [5, 5.41) is 0. The summed E-state index contributed by atoms with van der Waals surface area (Å²) < 4.78 is 0. The third kappa shape index (κ3) is 2.08. The van der Waals surface area contributed by atoms with E-state index in [9.17, 15) is 0 Å². The van der Waals surface area contributed by atoms with E-state index in [0.717, 1.165) is 11.8 Å². The molecule has 0 aliphatic heterocycles. The van der Waals surface area contributed by atoms with E-state index < -0.39 is 0 Å². The van der Waals surface area contributed by atoms with Gasteiger partial charge in [-0.05, 0) is 43.9 Å². The summed E-state index contributed by atoms with van der Waals surface area (Å²) >= 11 is 0. The fraction of sp³-hybridized carbons (Fsp3) is 0.818. The first-order valence-corrected chi connectivity index (χ1v) is 5.12. The molecule has 0 amide bonds. The standard InChI is InChI=1S/C11H18/c1-2-4-6-8-11-9-10(11)7-5-3-1/h1,3,10-11H,2,4-9H2/b3-1-/t10-,11+/m1/s1. The molecule has 1 fully saturated rings. The van der Waals surface area contributed by atoms with Gasteiger partial charge in [0.1, 0.15) is 0 Å². The fourth-order valence-corrected chi connectivity index (χ4v) is 2.23. The smallest absolute Gasteiger partial charge is 0.0348 e. The minimum Gasteiger partial charge on any atom is -0.0885 e. The Hall–Kier alpha value is -0.260. The quantitative estimate of drug-likeness (QED) is 0.463. The van der Waals surface area contributed by atoms with Gasteiger partial charge >= 0.3 is 0 Å². The maximum absolute atomic E-state index is 2.39. The van der Waals surface area contributed by atoms with E-state index in [-0.39, 0.29) is 0 Å². The fourth-order valence-electron chi connectivity index (χ4n) is 2.23. The molecule has 2 aliphatic rings. The molecule has 0 heterocycles. The Balaban J connectivity index is 1.81. The van der Waals surface area contributed by atoms with Crippen LogP contribution < -0.4 is 0 Å². The van der Waals surface area contributed by atoms with E-state index in [4.69, 9.17) is 0 Å². The highest BCUT2D eigenvalue weighted by molar-refractivity contribution is 4.91. The molecule has 2 atom stereocenters. The average Bonchev–Trinajstić information content (AvgIpc) is 2.76. The lowest BCUT2D eigenvalue weighted by atomic mass is 10.1. The summed E-state index contributed by atoms with van der Waals surface area (Å²) in [6.07, 6.45) is 14.9. The molecule has 0 bridgehead atoms. The predicted molar refractivity (Wildman–Crippen MR) is 48.4 cm³/mol. The monoisotopic (exact) mass is 150 g/mol. The molecule has 0 aromatic heterocycles. The van der Waals surface area contributed by atoms with Crippen molar-refractivity contribution < 1.29 is 0 Å². The van der Waals surface area contributed by atoms with E-state index in [1.165, 1.54) is 38.5 Å². The van der Waals surface area contributed by atoms with Crippen molar-refractivity contribution in [3.63, 3.8) is 0 Å². The summed E-state index contributed by atoms with van der Waals surface area (Å²) in [6.45, 7) is 0. The normalized spacial score (nSPS) is 40.7. The number of hydrogen-bond acceptors (Lipinski definition) is 0. The summed E-state index contributed by atoms with van der Waals surface area (Å²) in [7, 11) is 0. The van der Waals surface area contributed by atoms with Gasteiger partial charge in [0, 0.05) is 0 Å². The van der Waals surface area contributed by atoms with Gasteiger partial charge in [-0.3, -0.25) is 0 Å². The van der Waals surface area contributed by atoms with Gasteiger partial charge in [-0.15, -0.1) is 0 Å². The van der Waals surface area contributed by atoms with Crippen LogP contribution >= 0.6 is 0 Å². The molecule has 2 rings (SSSR count). The molecule has 0 unspecified atom stereocenters. The number of allylic oxidation sites excluding steroid dienone is 2. The lowest BCUT2D eigenvalue weighted by molar-refractivity contribution is 0.566. The van der Waals surface area contributed by atoms with Crippen molar-refractivity contribution in [2.24, 2.45) is 11.8 Å². The minimum absolute atomic E-state index is 1.12. The molecular weight excluding hydrogens is 132 g/mol. The van der Waals surface area contributed by atoms with Crippen LogP contribution in [0.1, 0.15) is 44.9 Å². The van der Waals surface area contributed by atoms with E-state index in [0.29, 0.717) is 0 Å². The zero-order valence-electron chi connectivity index (χ0n) is 7.26. The van der Waals surface area contributed by atoms with Gasteiger partial charge < -0.3 is 0 Å². The highest BCUT2D eigenvalue weighted by Gasteiger charge is 2.34. The molecule has 2 aliphatic carbocycles. The molecule has 62 valence electrons. The van der Waals surface area contributed by atoms with Crippen LogP contribution in [0.3, 0.4) is 0 Å². The molecule has 0 aromatic rings.